The van der Waals surface area contributed by atoms with Crippen LogP contribution in [0.1, 0.15) is 51.4 Å². The van der Waals surface area contributed by atoms with Crippen LogP contribution < -0.4 is 10.2 Å². The molecule has 1 fully saturated rings. The Hall–Kier alpha value is -1.32. The molecule has 0 aromatic carbocycles. The molecule has 1 aliphatic rings. The molecule has 106 valence electrons. The first-order valence-corrected chi connectivity index (χ1v) is 7.32. The van der Waals surface area contributed by atoms with Crippen LogP contribution in [0.4, 0.5) is 11.6 Å². The van der Waals surface area contributed by atoms with E-state index < -0.39 is 0 Å². The summed E-state index contributed by atoms with van der Waals surface area (Å²) < 4.78 is 0. The number of nitrogens with one attached hydrogen (secondary N) is 1. The van der Waals surface area contributed by atoms with Gasteiger partial charge in [0, 0.05) is 24.2 Å². The quantitative estimate of drug-likeness (QED) is 0.904. The Morgan fingerprint density at radius 1 is 1.26 bits per heavy atom. The third-order valence-electron chi connectivity index (χ3n) is 3.93. The summed E-state index contributed by atoms with van der Waals surface area (Å²) in [6.45, 7) is 12.9. The van der Waals surface area contributed by atoms with E-state index >= 15 is 0 Å². The third kappa shape index (κ3) is 2.82. The molecule has 1 aromatic heterocycles. The van der Waals surface area contributed by atoms with Crippen LogP contribution in [0.25, 0.3) is 0 Å². The lowest BCUT2D eigenvalue weighted by molar-refractivity contribution is 0.513. The number of hydrogen-bond acceptors (Lipinski definition) is 4. The number of nitrogens with zero attached hydrogens (tertiary/aromatic N) is 3. The van der Waals surface area contributed by atoms with E-state index in [0.717, 1.165) is 37.0 Å². The molecule has 0 spiro atoms. The van der Waals surface area contributed by atoms with Crippen molar-refractivity contribution in [2.75, 3.05) is 23.3 Å². The Balaban J connectivity index is 2.37. The van der Waals surface area contributed by atoms with E-state index in [9.17, 15) is 0 Å². The van der Waals surface area contributed by atoms with Gasteiger partial charge < -0.3 is 10.2 Å². The number of hydrogen-bond donors (Lipinski definition) is 1. The van der Waals surface area contributed by atoms with Crippen molar-refractivity contribution in [1.29, 1.82) is 0 Å². The molecule has 1 aromatic rings. The summed E-state index contributed by atoms with van der Waals surface area (Å²) in [5, 5.41) is 3.42. The second-order valence-electron chi connectivity index (χ2n) is 6.06. The molecule has 0 unspecified atom stereocenters. The van der Waals surface area contributed by atoms with Crippen LogP contribution >= 0.6 is 0 Å². The summed E-state index contributed by atoms with van der Waals surface area (Å²) in [4.78, 5) is 11.7. The fourth-order valence-corrected chi connectivity index (χ4v) is 2.79. The molecular weight excluding hydrogens is 236 g/mol. The van der Waals surface area contributed by atoms with E-state index in [1.54, 1.807) is 0 Å². The molecule has 0 atom stereocenters. The predicted molar refractivity (Wildman–Crippen MR) is 80.9 cm³/mol. The highest BCUT2D eigenvalue weighted by molar-refractivity contribution is 5.60. The Morgan fingerprint density at radius 2 is 2.00 bits per heavy atom. The molecular formula is C15H26N4. The van der Waals surface area contributed by atoms with E-state index in [1.165, 1.54) is 18.4 Å². The van der Waals surface area contributed by atoms with Gasteiger partial charge in [-0.1, -0.05) is 6.92 Å². The van der Waals surface area contributed by atoms with Gasteiger partial charge in [0.05, 0.1) is 0 Å². The van der Waals surface area contributed by atoms with E-state index in [-0.39, 0.29) is 5.54 Å². The van der Waals surface area contributed by atoms with Gasteiger partial charge in [-0.25, -0.2) is 9.97 Å². The van der Waals surface area contributed by atoms with Gasteiger partial charge in [-0.05, 0) is 47.0 Å². The van der Waals surface area contributed by atoms with Crippen molar-refractivity contribution in [1.82, 2.24) is 9.97 Å². The fraction of sp³-hybridized carbons (Fsp3) is 0.733. The molecule has 0 amide bonds. The minimum Gasteiger partial charge on any atom is -0.370 e. The lowest BCUT2D eigenvalue weighted by atomic mass is 10.0. The van der Waals surface area contributed by atoms with Crippen molar-refractivity contribution in [2.24, 2.45) is 0 Å². The average molecular weight is 262 g/mol. The standard InChI is InChI=1S/C15H26N4/c1-6-9-16-13-11(2)14(18-12(3)17-13)19-10-7-8-15(19,4)5/h6-10H2,1-5H3,(H,16,17,18). The Bertz CT molecular complexity index is 454. The van der Waals surface area contributed by atoms with Gasteiger partial charge in [0.1, 0.15) is 17.5 Å². The number of aryl methyl sites for hydroxylation is 1. The SMILES string of the molecule is CCCNc1nc(C)nc(N2CCCC2(C)C)c1C. The maximum Gasteiger partial charge on any atom is 0.137 e. The predicted octanol–water partition coefficient (Wildman–Crippen LogP) is 3.29. The highest BCUT2D eigenvalue weighted by atomic mass is 15.3. The van der Waals surface area contributed by atoms with Gasteiger partial charge in [0.25, 0.3) is 0 Å². The minimum atomic E-state index is 0.202. The number of rotatable bonds is 4. The van der Waals surface area contributed by atoms with Crippen LogP contribution in [0.5, 0.6) is 0 Å². The molecule has 0 radical (unpaired) electrons. The molecule has 1 saturated heterocycles. The van der Waals surface area contributed by atoms with E-state index in [2.05, 4.69) is 42.9 Å². The van der Waals surface area contributed by atoms with Gasteiger partial charge in [-0.15, -0.1) is 0 Å². The number of aromatic nitrogens is 2. The molecule has 1 aliphatic heterocycles. The molecule has 0 aliphatic carbocycles. The average Bonchev–Trinajstić information content (AvgIpc) is 2.69. The summed E-state index contributed by atoms with van der Waals surface area (Å²) >= 11 is 0. The first-order valence-electron chi connectivity index (χ1n) is 7.32. The summed E-state index contributed by atoms with van der Waals surface area (Å²) in [5.41, 5.74) is 1.38. The van der Waals surface area contributed by atoms with Crippen LogP contribution in [0.2, 0.25) is 0 Å². The summed E-state index contributed by atoms with van der Waals surface area (Å²) in [5.74, 6) is 2.95. The maximum atomic E-state index is 4.69. The van der Waals surface area contributed by atoms with Crippen LogP contribution in [-0.2, 0) is 0 Å². The molecule has 2 rings (SSSR count). The largest absolute Gasteiger partial charge is 0.370 e. The van der Waals surface area contributed by atoms with Gasteiger partial charge in [0.2, 0.25) is 0 Å². The van der Waals surface area contributed by atoms with Crippen molar-refractivity contribution in [2.45, 2.75) is 59.4 Å². The van der Waals surface area contributed by atoms with Crippen molar-refractivity contribution in [3.8, 4) is 0 Å². The zero-order valence-electron chi connectivity index (χ0n) is 12.9. The maximum absolute atomic E-state index is 4.69. The van der Waals surface area contributed by atoms with Crippen LogP contribution in [0.3, 0.4) is 0 Å². The van der Waals surface area contributed by atoms with Crippen LogP contribution in [-0.4, -0.2) is 28.6 Å². The monoisotopic (exact) mass is 262 g/mol. The first kappa shape index (κ1) is 14.1. The molecule has 0 bridgehead atoms. The lowest BCUT2D eigenvalue weighted by Gasteiger charge is -2.34. The van der Waals surface area contributed by atoms with Gasteiger partial charge in [-0.2, -0.15) is 0 Å². The second-order valence-corrected chi connectivity index (χ2v) is 6.06. The van der Waals surface area contributed by atoms with E-state index in [1.807, 2.05) is 6.92 Å². The van der Waals surface area contributed by atoms with Gasteiger partial charge >= 0.3 is 0 Å². The molecule has 1 N–H and O–H groups in total. The molecule has 19 heavy (non-hydrogen) atoms. The zero-order valence-corrected chi connectivity index (χ0v) is 12.9. The highest BCUT2D eigenvalue weighted by Gasteiger charge is 2.34. The highest BCUT2D eigenvalue weighted by Crippen LogP contribution is 2.35. The third-order valence-corrected chi connectivity index (χ3v) is 3.93. The van der Waals surface area contributed by atoms with E-state index in [0.29, 0.717) is 0 Å². The van der Waals surface area contributed by atoms with Crippen molar-refractivity contribution < 1.29 is 0 Å². The topological polar surface area (TPSA) is 41.1 Å². The smallest absolute Gasteiger partial charge is 0.137 e. The summed E-state index contributed by atoms with van der Waals surface area (Å²) in [7, 11) is 0. The normalized spacial score (nSPS) is 17.8. The van der Waals surface area contributed by atoms with Crippen LogP contribution in [0.15, 0.2) is 0 Å². The van der Waals surface area contributed by atoms with E-state index in [4.69, 9.17) is 4.98 Å². The Morgan fingerprint density at radius 3 is 2.58 bits per heavy atom. The Labute approximate surface area is 116 Å². The first-order chi connectivity index (χ1) is 8.95. The zero-order chi connectivity index (χ0) is 14.0. The molecule has 0 saturated carbocycles. The van der Waals surface area contributed by atoms with Crippen LogP contribution in [0, 0.1) is 13.8 Å². The minimum absolute atomic E-state index is 0.202. The summed E-state index contributed by atoms with van der Waals surface area (Å²) in [6.07, 6.45) is 3.58. The fourth-order valence-electron chi connectivity index (χ4n) is 2.79. The van der Waals surface area contributed by atoms with Gasteiger partial charge in [0.15, 0.2) is 0 Å². The number of anilines is 2. The van der Waals surface area contributed by atoms with Crippen molar-refractivity contribution in [3.63, 3.8) is 0 Å². The van der Waals surface area contributed by atoms with Gasteiger partial charge in [-0.3, -0.25) is 0 Å². The van der Waals surface area contributed by atoms with Crippen molar-refractivity contribution >= 4 is 11.6 Å². The molecule has 2 heterocycles. The second kappa shape index (κ2) is 5.35. The molecule has 4 heteroatoms. The molecule has 4 nitrogen and oxygen atoms in total. The Kier molecular flexibility index (Phi) is 3.97. The summed E-state index contributed by atoms with van der Waals surface area (Å²) in [6, 6.07) is 0. The lowest BCUT2D eigenvalue weighted by Crippen LogP contribution is -2.39. The van der Waals surface area contributed by atoms with Crippen molar-refractivity contribution in [3.05, 3.63) is 11.4 Å².